The molecule has 0 heteroatoms. The predicted molar refractivity (Wildman–Crippen MR) is 27.4 cm³/mol. The maximum Gasteiger partial charge on any atom is -0.0244 e. The molecule has 0 atom stereocenters. The van der Waals surface area contributed by atoms with Gasteiger partial charge in [-0.1, -0.05) is 13.3 Å². The molecule has 1 saturated carbocycles. The molecule has 0 aromatic carbocycles. The van der Waals surface area contributed by atoms with E-state index in [1.807, 2.05) is 0 Å². The first-order valence-electron chi connectivity index (χ1n) is 2.77. The lowest BCUT2D eigenvalue weighted by Gasteiger charge is -2.22. The second-order valence-electron chi connectivity index (χ2n) is 1.96. The Labute approximate surface area is 39.6 Å². The standard InChI is InChI=1S/C6H11/c1-2-6-4-3-5-6/h2-5H2,1H3. The third-order valence-corrected chi connectivity index (χ3v) is 1.56. The van der Waals surface area contributed by atoms with Gasteiger partial charge < -0.3 is 0 Å². The lowest BCUT2D eigenvalue weighted by molar-refractivity contribution is 0.520. The molecule has 0 saturated heterocycles. The van der Waals surface area contributed by atoms with Crippen molar-refractivity contribution in [1.29, 1.82) is 0 Å². The minimum atomic E-state index is 1.33. The zero-order valence-electron chi connectivity index (χ0n) is 4.33. The van der Waals surface area contributed by atoms with E-state index in [-0.39, 0.29) is 0 Å². The first-order valence-corrected chi connectivity index (χ1v) is 2.77. The summed E-state index contributed by atoms with van der Waals surface area (Å²) in [4.78, 5) is 0. The van der Waals surface area contributed by atoms with E-state index in [9.17, 15) is 0 Å². The summed E-state index contributed by atoms with van der Waals surface area (Å²) in [5, 5.41) is 0. The van der Waals surface area contributed by atoms with Gasteiger partial charge in [0.05, 0.1) is 0 Å². The van der Waals surface area contributed by atoms with Gasteiger partial charge >= 0.3 is 0 Å². The van der Waals surface area contributed by atoms with Crippen molar-refractivity contribution in [2.24, 2.45) is 0 Å². The Morgan fingerprint density at radius 2 is 2.17 bits per heavy atom. The van der Waals surface area contributed by atoms with Crippen LogP contribution in [0.3, 0.4) is 0 Å². The fraction of sp³-hybridized carbons (Fsp3) is 0.833. The lowest BCUT2D eigenvalue weighted by atomic mass is 9.84. The summed E-state index contributed by atoms with van der Waals surface area (Å²) in [6.07, 6.45) is 5.65. The second kappa shape index (κ2) is 1.63. The molecule has 0 aliphatic heterocycles. The second-order valence-corrected chi connectivity index (χ2v) is 1.96. The highest BCUT2D eigenvalue weighted by Crippen LogP contribution is 2.30. The van der Waals surface area contributed by atoms with Gasteiger partial charge in [0.2, 0.25) is 0 Å². The molecule has 0 spiro atoms. The van der Waals surface area contributed by atoms with E-state index >= 15 is 0 Å². The smallest absolute Gasteiger partial charge is 0.0244 e. The van der Waals surface area contributed by atoms with Crippen molar-refractivity contribution in [1.82, 2.24) is 0 Å². The van der Waals surface area contributed by atoms with Gasteiger partial charge in [0.25, 0.3) is 0 Å². The van der Waals surface area contributed by atoms with Crippen LogP contribution < -0.4 is 0 Å². The summed E-state index contributed by atoms with van der Waals surface area (Å²) in [6.45, 7) is 2.24. The highest BCUT2D eigenvalue weighted by atomic mass is 14.2. The number of hydrogen-bond acceptors (Lipinski definition) is 0. The third kappa shape index (κ3) is 0.562. The van der Waals surface area contributed by atoms with Gasteiger partial charge in [-0.25, -0.2) is 0 Å². The molecule has 0 heterocycles. The topological polar surface area (TPSA) is 0 Å². The Bertz CT molecular complexity index is 32.5. The first kappa shape index (κ1) is 4.17. The molecule has 0 nitrogen and oxygen atoms in total. The molecule has 0 unspecified atom stereocenters. The molecular weight excluding hydrogens is 72.1 g/mol. The molecule has 0 N–H and O–H groups in total. The van der Waals surface area contributed by atoms with E-state index in [4.69, 9.17) is 0 Å². The van der Waals surface area contributed by atoms with Gasteiger partial charge in [-0.2, -0.15) is 0 Å². The average Bonchev–Trinajstić information content (AvgIpc) is 1.31. The van der Waals surface area contributed by atoms with E-state index in [1.165, 1.54) is 25.7 Å². The van der Waals surface area contributed by atoms with E-state index in [2.05, 4.69) is 6.92 Å². The van der Waals surface area contributed by atoms with Gasteiger partial charge in [-0.05, 0) is 25.2 Å². The zero-order valence-corrected chi connectivity index (χ0v) is 4.33. The molecule has 1 fully saturated rings. The summed E-state index contributed by atoms with van der Waals surface area (Å²) in [5.41, 5.74) is 0. The van der Waals surface area contributed by atoms with Crippen molar-refractivity contribution in [3.05, 3.63) is 5.92 Å². The van der Waals surface area contributed by atoms with Gasteiger partial charge in [0.1, 0.15) is 0 Å². The molecule has 0 amide bonds. The Morgan fingerprint density at radius 3 is 2.17 bits per heavy atom. The van der Waals surface area contributed by atoms with E-state index in [0.717, 1.165) is 0 Å². The molecule has 0 bridgehead atoms. The monoisotopic (exact) mass is 83.1 g/mol. The van der Waals surface area contributed by atoms with Crippen molar-refractivity contribution in [3.8, 4) is 0 Å². The van der Waals surface area contributed by atoms with Crippen LogP contribution in [-0.4, -0.2) is 0 Å². The van der Waals surface area contributed by atoms with Crippen LogP contribution in [0.15, 0.2) is 0 Å². The van der Waals surface area contributed by atoms with Crippen LogP contribution in [0.25, 0.3) is 0 Å². The van der Waals surface area contributed by atoms with Crippen molar-refractivity contribution < 1.29 is 0 Å². The van der Waals surface area contributed by atoms with Crippen molar-refractivity contribution in [2.45, 2.75) is 32.6 Å². The van der Waals surface area contributed by atoms with Gasteiger partial charge in [-0.3, -0.25) is 0 Å². The molecule has 1 aliphatic rings. The molecule has 0 aromatic heterocycles. The highest BCUT2D eigenvalue weighted by molar-refractivity contribution is 4.96. The maximum atomic E-state index is 2.24. The molecule has 1 rings (SSSR count). The summed E-state index contributed by atoms with van der Waals surface area (Å²) in [5.74, 6) is 1.77. The molecule has 6 heavy (non-hydrogen) atoms. The van der Waals surface area contributed by atoms with Crippen LogP contribution in [0.1, 0.15) is 32.6 Å². The van der Waals surface area contributed by atoms with Gasteiger partial charge in [-0.15, -0.1) is 0 Å². The average molecular weight is 83.2 g/mol. The fourth-order valence-electron chi connectivity index (χ4n) is 0.780. The van der Waals surface area contributed by atoms with Crippen molar-refractivity contribution in [3.63, 3.8) is 0 Å². The molecular formula is C6H11. The first-order chi connectivity index (χ1) is 2.93. The summed E-state index contributed by atoms with van der Waals surface area (Å²) < 4.78 is 0. The lowest BCUT2D eigenvalue weighted by Crippen LogP contribution is -2.05. The predicted octanol–water partition coefficient (Wildman–Crippen LogP) is 2.15. The quantitative estimate of drug-likeness (QED) is 0.455. The molecule has 0 aromatic rings. The Hall–Kier alpha value is 0. The third-order valence-electron chi connectivity index (χ3n) is 1.56. The Balaban J connectivity index is 2.01. The highest BCUT2D eigenvalue weighted by Gasteiger charge is 2.14. The largest absolute Gasteiger partial charge is 0.0648 e. The van der Waals surface area contributed by atoms with Crippen molar-refractivity contribution in [2.75, 3.05) is 0 Å². The minimum absolute atomic E-state index is 1.33. The van der Waals surface area contributed by atoms with Gasteiger partial charge in [0, 0.05) is 0 Å². The van der Waals surface area contributed by atoms with Crippen LogP contribution in [-0.2, 0) is 0 Å². The Kier molecular flexibility index (Phi) is 1.13. The number of rotatable bonds is 1. The van der Waals surface area contributed by atoms with E-state index in [1.54, 1.807) is 5.92 Å². The van der Waals surface area contributed by atoms with Crippen molar-refractivity contribution >= 4 is 0 Å². The van der Waals surface area contributed by atoms with Crippen LogP contribution in [0, 0.1) is 5.92 Å². The molecule has 1 aliphatic carbocycles. The summed E-state index contributed by atoms with van der Waals surface area (Å²) in [7, 11) is 0. The number of hydrogen-bond donors (Lipinski definition) is 0. The van der Waals surface area contributed by atoms with Crippen LogP contribution >= 0.6 is 0 Å². The Morgan fingerprint density at radius 1 is 1.50 bits per heavy atom. The maximum absolute atomic E-state index is 2.24. The van der Waals surface area contributed by atoms with E-state index < -0.39 is 0 Å². The SMILES string of the molecule is CC[C]1CCC1. The normalized spacial score (nSPS) is 23.5. The summed E-state index contributed by atoms with van der Waals surface area (Å²) >= 11 is 0. The van der Waals surface area contributed by atoms with Crippen LogP contribution in [0.5, 0.6) is 0 Å². The van der Waals surface area contributed by atoms with Crippen LogP contribution in [0.2, 0.25) is 0 Å². The summed E-state index contributed by atoms with van der Waals surface area (Å²) in [6, 6.07) is 0. The van der Waals surface area contributed by atoms with E-state index in [0.29, 0.717) is 0 Å². The molecule has 35 valence electrons. The zero-order chi connectivity index (χ0) is 4.41. The van der Waals surface area contributed by atoms with Gasteiger partial charge in [0.15, 0.2) is 0 Å². The fourth-order valence-corrected chi connectivity index (χ4v) is 0.780. The minimum Gasteiger partial charge on any atom is -0.0648 e. The molecule has 1 radical (unpaired) electrons. The van der Waals surface area contributed by atoms with Crippen LogP contribution in [0.4, 0.5) is 0 Å².